The Morgan fingerprint density at radius 3 is 2.69 bits per heavy atom. The third-order valence-corrected chi connectivity index (χ3v) is 2.60. The van der Waals surface area contributed by atoms with Gasteiger partial charge in [-0.2, -0.15) is 0 Å². The van der Waals surface area contributed by atoms with E-state index < -0.39 is 0 Å². The van der Waals surface area contributed by atoms with Crippen molar-refractivity contribution in [1.82, 2.24) is 9.97 Å². The lowest BCUT2D eigenvalue weighted by Crippen LogP contribution is -1.82. The van der Waals surface area contributed by atoms with Gasteiger partial charge in [-0.15, -0.1) is 11.8 Å². The Hall–Kier alpha value is -1.23. The van der Waals surface area contributed by atoms with Crippen molar-refractivity contribution in [3.8, 4) is 11.8 Å². The van der Waals surface area contributed by atoms with Crippen LogP contribution in [0, 0.1) is 11.8 Å². The van der Waals surface area contributed by atoms with Gasteiger partial charge >= 0.3 is 0 Å². The predicted octanol–water partition coefficient (Wildman–Crippen LogP) is 3.71. The van der Waals surface area contributed by atoms with Gasteiger partial charge in [-0.3, -0.25) is 0 Å². The SMILES string of the molecule is CCCCCCCC#CCCc1cnc[nH]1. The van der Waals surface area contributed by atoms with Gasteiger partial charge in [-0.05, 0) is 12.8 Å². The Morgan fingerprint density at radius 1 is 1.12 bits per heavy atom. The fraction of sp³-hybridized carbons (Fsp3) is 0.643. The number of H-pyrrole nitrogens is 1. The summed E-state index contributed by atoms with van der Waals surface area (Å²) >= 11 is 0. The van der Waals surface area contributed by atoms with Crippen molar-refractivity contribution in [3.05, 3.63) is 18.2 Å². The van der Waals surface area contributed by atoms with Crippen LogP contribution in [0.5, 0.6) is 0 Å². The van der Waals surface area contributed by atoms with Gasteiger partial charge in [0.1, 0.15) is 0 Å². The van der Waals surface area contributed by atoms with E-state index in [0.29, 0.717) is 0 Å². The van der Waals surface area contributed by atoms with Crippen LogP contribution in [0.2, 0.25) is 0 Å². The Bertz CT molecular complexity index is 303. The molecule has 16 heavy (non-hydrogen) atoms. The molecule has 0 fully saturated rings. The number of nitrogens with one attached hydrogen (secondary N) is 1. The maximum absolute atomic E-state index is 3.98. The van der Waals surface area contributed by atoms with E-state index in [1.54, 1.807) is 6.33 Å². The first kappa shape index (κ1) is 12.8. The molecule has 88 valence electrons. The molecule has 1 N–H and O–H groups in total. The van der Waals surface area contributed by atoms with Gasteiger partial charge in [0, 0.05) is 24.7 Å². The molecule has 0 atom stereocenters. The van der Waals surface area contributed by atoms with Crippen molar-refractivity contribution in [3.63, 3.8) is 0 Å². The molecule has 1 aromatic heterocycles. The Labute approximate surface area is 98.9 Å². The summed E-state index contributed by atoms with van der Waals surface area (Å²) in [6.07, 6.45) is 13.2. The van der Waals surface area contributed by atoms with Gasteiger partial charge in [0.15, 0.2) is 0 Å². The molecule has 0 aliphatic rings. The number of unbranched alkanes of at least 4 members (excludes halogenated alkanes) is 5. The molecule has 0 radical (unpaired) electrons. The molecule has 0 aromatic carbocycles. The van der Waals surface area contributed by atoms with Crippen LogP contribution in [0.25, 0.3) is 0 Å². The summed E-state index contributed by atoms with van der Waals surface area (Å²) in [6.45, 7) is 2.25. The minimum atomic E-state index is 0.942. The van der Waals surface area contributed by atoms with E-state index >= 15 is 0 Å². The molecule has 0 bridgehead atoms. The number of rotatable bonds is 7. The number of aromatic nitrogens is 2. The van der Waals surface area contributed by atoms with Crippen molar-refractivity contribution in [1.29, 1.82) is 0 Å². The lowest BCUT2D eigenvalue weighted by atomic mass is 10.1. The summed E-state index contributed by atoms with van der Waals surface area (Å²) in [5.41, 5.74) is 1.18. The highest BCUT2D eigenvalue weighted by Crippen LogP contribution is 2.04. The molecule has 0 unspecified atom stereocenters. The van der Waals surface area contributed by atoms with Crippen LogP contribution in [0.3, 0.4) is 0 Å². The molecule has 2 nitrogen and oxygen atoms in total. The van der Waals surface area contributed by atoms with E-state index in [1.165, 1.54) is 37.8 Å². The monoisotopic (exact) mass is 218 g/mol. The van der Waals surface area contributed by atoms with Gasteiger partial charge in [0.25, 0.3) is 0 Å². The Kier molecular flexibility index (Phi) is 7.24. The summed E-state index contributed by atoms with van der Waals surface area (Å²) in [4.78, 5) is 7.06. The van der Waals surface area contributed by atoms with Crippen molar-refractivity contribution in [2.75, 3.05) is 0 Å². The number of aryl methyl sites for hydroxylation is 1. The highest BCUT2D eigenvalue weighted by atomic mass is 14.9. The van der Waals surface area contributed by atoms with Crippen LogP contribution < -0.4 is 0 Å². The standard InChI is InChI=1S/C14H22N2/c1-2-3-4-5-6-7-8-9-10-11-14-12-15-13-16-14/h12-13H,2-7,10-11H2,1H3,(H,15,16). The van der Waals surface area contributed by atoms with Crippen LogP contribution >= 0.6 is 0 Å². The molecule has 0 aliphatic heterocycles. The summed E-state index contributed by atoms with van der Waals surface area (Å²) in [6, 6.07) is 0. The van der Waals surface area contributed by atoms with Gasteiger partial charge in [0.05, 0.1) is 6.33 Å². The first-order chi connectivity index (χ1) is 7.93. The molecule has 2 heteroatoms. The highest BCUT2D eigenvalue weighted by molar-refractivity contribution is 5.03. The topological polar surface area (TPSA) is 28.7 Å². The Morgan fingerprint density at radius 2 is 1.94 bits per heavy atom. The summed E-state index contributed by atoms with van der Waals surface area (Å²) in [7, 11) is 0. The number of aromatic amines is 1. The fourth-order valence-corrected chi connectivity index (χ4v) is 1.61. The van der Waals surface area contributed by atoms with Crippen LogP contribution in [0.15, 0.2) is 12.5 Å². The van der Waals surface area contributed by atoms with E-state index in [-0.39, 0.29) is 0 Å². The average Bonchev–Trinajstić information content (AvgIpc) is 2.80. The number of hydrogen-bond donors (Lipinski definition) is 1. The first-order valence-electron chi connectivity index (χ1n) is 6.36. The molecular formula is C14H22N2. The van der Waals surface area contributed by atoms with Crippen LogP contribution in [0.4, 0.5) is 0 Å². The van der Waals surface area contributed by atoms with Gasteiger partial charge in [-0.25, -0.2) is 4.98 Å². The van der Waals surface area contributed by atoms with E-state index in [2.05, 4.69) is 28.7 Å². The zero-order chi connectivity index (χ0) is 11.5. The molecular weight excluding hydrogens is 196 g/mol. The second kappa shape index (κ2) is 9.03. The fourth-order valence-electron chi connectivity index (χ4n) is 1.61. The number of hydrogen-bond acceptors (Lipinski definition) is 1. The quantitative estimate of drug-likeness (QED) is 0.548. The summed E-state index contributed by atoms with van der Waals surface area (Å²) < 4.78 is 0. The zero-order valence-electron chi connectivity index (χ0n) is 10.3. The molecule has 0 amide bonds. The molecule has 0 saturated carbocycles. The summed E-state index contributed by atoms with van der Waals surface area (Å²) in [5.74, 6) is 6.46. The van der Waals surface area contributed by atoms with E-state index in [9.17, 15) is 0 Å². The maximum Gasteiger partial charge on any atom is 0.0921 e. The number of imidazole rings is 1. The molecule has 1 rings (SSSR count). The predicted molar refractivity (Wildman–Crippen MR) is 68.1 cm³/mol. The highest BCUT2D eigenvalue weighted by Gasteiger charge is 1.90. The molecule has 0 saturated heterocycles. The maximum atomic E-state index is 3.98. The third-order valence-electron chi connectivity index (χ3n) is 2.60. The lowest BCUT2D eigenvalue weighted by molar-refractivity contribution is 0.641. The average molecular weight is 218 g/mol. The van der Waals surface area contributed by atoms with Crippen molar-refractivity contribution < 1.29 is 0 Å². The smallest absolute Gasteiger partial charge is 0.0921 e. The molecule has 1 heterocycles. The molecule has 0 spiro atoms. The van der Waals surface area contributed by atoms with E-state index in [0.717, 1.165) is 19.3 Å². The summed E-state index contributed by atoms with van der Waals surface area (Å²) in [5, 5.41) is 0. The molecule has 0 aliphatic carbocycles. The normalized spacial score (nSPS) is 9.81. The molecule has 1 aromatic rings. The first-order valence-corrected chi connectivity index (χ1v) is 6.36. The van der Waals surface area contributed by atoms with Crippen LogP contribution in [-0.2, 0) is 6.42 Å². The van der Waals surface area contributed by atoms with E-state index in [4.69, 9.17) is 0 Å². The Balaban J connectivity index is 1.93. The van der Waals surface area contributed by atoms with E-state index in [1.807, 2.05) is 6.20 Å². The van der Waals surface area contributed by atoms with Gasteiger partial charge in [-0.1, -0.05) is 32.6 Å². The second-order valence-electron chi connectivity index (χ2n) is 4.09. The van der Waals surface area contributed by atoms with Crippen molar-refractivity contribution >= 4 is 0 Å². The number of nitrogens with zero attached hydrogens (tertiary/aromatic N) is 1. The van der Waals surface area contributed by atoms with Gasteiger partial charge < -0.3 is 4.98 Å². The van der Waals surface area contributed by atoms with Gasteiger partial charge in [0.2, 0.25) is 0 Å². The largest absolute Gasteiger partial charge is 0.348 e. The van der Waals surface area contributed by atoms with Crippen LogP contribution in [0.1, 0.15) is 57.6 Å². The van der Waals surface area contributed by atoms with Crippen molar-refractivity contribution in [2.24, 2.45) is 0 Å². The van der Waals surface area contributed by atoms with Crippen LogP contribution in [-0.4, -0.2) is 9.97 Å². The van der Waals surface area contributed by atoms with Crippen molar-refractivity contribution in [2.45, 2.75) is 58.3 Å². The lowest BCUT2D eigenvalue weighted by Gasteiger charge is -1.94. The second-order valence-corrected chi connectivity index (χ2v) is 4.09. The zero-order valence-corrected chi connectivity index (χ0v) is 10.3. The third kappa shape index (κ3) is 6.29. The minimum Gasteiger partial charge on any atom is -0.348 e. The minimum absolute atomic E-state index is 0.942.